The van der Waals surface area contributed by atoms with E-state index in [4.69, 9.17) is 0 Å². The molecule has 0 bridgehead atoms. The zero-order valence-corrected chi connectivity index (χ0v) is 18.8. The molecular weight excluding hydrogens is 446 g/mol. The SMILES string of the molecule is Cc1cc(N2C(=O)CN(S(C)(=O)=O)CC2(C)C(=O)NC2CCCC2)ccc1Br. The van der Waals surface area contributed by atoms with E-state index in [2.05, 4.69) is 21.2 Å². The number of aryl methyl sites for hydroxylation is 1. The minimum absolute atomic E-state index is 0.0709. The molecule has 154 valence electrons. The van der Waals surface area contributed by atoms with Crippen LogP contribution in [0.5, 0.6) is 0 Å². The summed E-state index contributed by atoms with van der Waals surface area (Å²) in [5.41, 5.74) is 0.179. The molecule has 1 N–H and O–H groups in total. The lowest BCUT2D eigenvalue weighted by molar-refractivity contribution is -0.133. The van der Waals surface area contributed by atoms with Crippen molar-refractivity contribution < 1.29 is 18.0 Å². The van der Waals surface area contributed by atoms with Crippen molar-refractivity contribution in [1.82, 2.24) is 9.62 Å². The highest BCUT2D eigenvalue weighted by Gasteiger charge is 2.50. The van der Waals surface area contributed by atoms with Gasteiger partial charge in [-0.2, -0.15) is 4.31 Å². The van der Waals surface area contributed by atoms with Crippen molar-refractivity contribution in [3.8, 4) is 0 Å². The molecule has 1 atom stereocenters. The topological polar surface area (TPSA) is 86.8 Å². The third-order valence-electron chi connectivity index (χ3n) is 5.59. The second-order valence-corrected chi connectivity index (χ2v) is 10.8. The Balaban J connectivity index is 2.02. The Morgan fingerprint density at radius 3 is 2.50 bits per heavy atom. The average Bonchev–Trinajstić information content (AvgIpc) is 3.09. The molecule has 1 aromatic carbocycles. The van der Waals surface area contributed by atoms with Gasteiger partial charge >= 0.3 is 0 Å². The number of anilines is 1. The van der Waals surface area contributed by atoms with E-state index < -0.39 is 21.5 Å². The van der Waals surface area contributed by atoms with E-state index in [1.54, 1.807) is 13.0 Å². The molecule has 28 heavy (non-hydrogen) atoms. The Morgan fingerprint density at radius 1 is 1.29 bits per heavy atom. The summed E-state index contributed by atoms with van der Waals surface area (Å²) in [6, 6.07) is 5.50. The third kappa shape index (κ3) is 4.11. The maximum absolute atomic E-state index is 13.3. The van der Waals surface area contributed by atoms with Crippen LogP contribution in [0.2, 0.25) is 0 Å². The van der Waals surface area contributed by atoms with E-state index in [9.17, 15) is 18.0 Å². The van der Waals surface area contributed by atoms with Crippen LogP contribution in [0.4, 0.5) is 5.69 Å². The molecule has 3 rings (SSSR count). The standard InChI is InChI=1S/C19H26BrN3O4S/c1-13-10-15(8-9-16(13)20)23-17(24)11-22(28(3,26)27)12-19(23,2)18(25)21-14-6-4-5-7-14/h8-10,14H,4-7,11-12H2,1-3H3,(H,21,25). The van der Waals surface area contributed by atoms with Crippen LogP contribution in [-0.2, 0) is 19.6 Å². The van der Waals surface area contributed by atoms with Crippen molar-refractivity contribution in [2.24, 2.45) is 0 Å². The number of carbonyl (C=O) groups is 2. The zero-order valence-electron chi connectivity index (χ0n) is 16.4. The third-order valence-corrected chi connectivity index (χ3v) is 7.67. The Kier molecular flexibility index (Phi) is 5.89. The first-order valence-corrected chi connectivity index (χ1v) is 12.0. The predicted molar refractivity (Wildman–Crippen MR) is 112 cm³/mol. The quantitative estimate of drug-likeness (QED) is 0.728. The highest BCUT2D eigenvalue weighted by molar-refractivity contribution is 9.10. The van der Waals surface area contributed by atoms with Gasteiger partial charge in [-0.1, -0.05) is 28.8 Å². The van der Waals surface area contributed by atoms with Crippen LogP contribution in [0, 0.1) is 6.92 Å². The van der Waals surface area contributed by atoms with Gasteiger partial charge in [0.05, 0.1) is 12.8 Å². The maximum Gasteiger partial charge on any atom is 0.247 e. The van der Waals surface area contributed by atoms with Gasteiger partial charge in [0.15, 0.2) is 0 Å². The Morgan fingerprint density at radius 2 is 1.93 bits per heavy atom. The maximum atomic E-state index is 13.3. The van der Waals surface area contributed by atoms with Crippen LogP contribution in [-0.4, -0.2) is 55.5 Å². The first-order valence-electron chi connectivity index (χ1n) is 9.37. The lowest BCUT2D eigenvalue weighted by Crippen LogP contribution is -2.70. The molecule has 9 heteroatoms. The van der Waals surface area contributed by atoms with Crippen molar-refractivity contribution in [1.29, 1.82) is 0 Å². The van der Waals surface area contributed by atoms with Crippen molar-refractivity contribution in [2.45, 2.75) is 51.1 Å². The fourth-order valence-electron chi connectivity index (χ4n) is 3.98. The van der Waals surface area contributed by atoms with Gasteiger partial charge in [-0.15, -0.1) is 0 Å². The van der Waals surface area contributed by atoms with Gasteiger partial charge in [-0.25, -0.2) is 8.42 Å². The number of amides is 2. The van der Waals surface area contributed by atoms with Crippen molar-refractivity contribution in [2.75, 3.05) is 24.2 Å². The number of piperazine rings is 1. The molecule has 0 aromatic heterocycles. The van der Waals surface area contributed by atoms with Crippen molar-refractivity contribution >= 4 is 43.5 Å². The Labute approximate surface area is 174 Å². The molecule has 1 heterocycles. The van der Waals surface area contributed by atoms with Gasteiger partial charge in [0.2, 0.25) is 21.8 Å². The molecule has 2 fully saturated rings. The molecule has 1 unspecified atom stereocenters. The van der Waals surface area contributed by atoms with Crippen LogP contribution in [0.3, 0.4) is 0 Å². The normalized spacial score (nSPS) is 24.6. The van der Waals surface area contributed by atoms with Crippen LogP contribution in [0.15, 0.2) is 22.7 Å². The predicted octanol–water partition coefficient (Wildman–Crippen LogP) is 2.18. The number of halogens is 1. The van der Waals surface area contributed by atoms with E-state index in [1.165, 1.54) is 4.90 Å². The van der Waals surface area contributed by atoms with Crippen LogP contribution in [0.25, 0.3) is 0 Å². The summed E-state index contributed by atoms with van der Waals surface area (Å²) in [7, 11) is -3.61. The lowest BCUT2D eigenvalue weighted by atomic mass is 9.93. The summed E-state index contributed by atoms with van der Waals surface area (Å²) in [5, 5.41) is 3.04. The number of benzene rings is 1. The highest BCUT2D eigenvalue weighted by Crippen LogP contribution is 2.33. The van der Waals surface area contributed by atoms with Gasteiger partial charge in [-0.3, -0.25) is 14.5 Å². The van der Waals surface area contributed by atoms with Crippen LogP contribution in [0.1, 0.15) is 38.2 Å². The molecule has 1 aromatic rings. The van der Waals surface area contributed by atoms with Gasteiger partial charge in [0.25, 0.3) is 0 Å². The number of sulfonamides is 1. The van der Waals surface area contributed by atoms with Crippen LogP contribution < -0.4 is 10.2 Å². The molecule has 1 aliphatic carbocycles. The summed E-state index contributed by atoms with van der Waals surface area (Å²) in [5.74, 6) is -0.732. The molecule has 2 aliphatic rings. The number of hydrogen-bond acceptors (Lipinski definition) is 4. The van der Waals surface area contributed by atoms with Gasteiger partial charge in [0.1, 0.15) is 5.54 Å². The first-order chi connectivity index (χ1) is 13.0. The van der Waals surface area contributed by atoms with E-state index in [-0.39, 0.29) is 25.0 Å². The van der Waals surface area contributed by atoms with E-state index in [0.29, 0.717) is 5.69 Å². The molecule has 7 nitrogen and oxygen atoms in total. The zero-order chi connectivity index (χ0) is 20.7. The Bertz CT molecular complexity index is 898. The second kappa shape index (κ2) is 7.76. The second-order valence-electron chi connectivity index (χ2n) is 7.92. The number of nitrogens with zero attached hydrogens (tertiary/aromatic N) is 2. The summed E-state index contributed by atoms with van der Waals surface area (Å²) in [6.45, 7) is 3.19. The molecular formula is C19H26BrN3O4S. The summed E-state index contributed by atoms with van der Waals surface area (Å²) in [4.78, 5) is 27.8. The average molecular weight is 472 g/mol. The first kappa shape index (κ1) is 21.3. The number of hydrogen-bond donors (Lipinski definition) is 1. The monoisotopic (exact) mass is 471 g/mol. The molecule has 2 amide bonds. The molecule has 1 aliphatic heterocycles. The van der Waals surface area contributed by atoms with E-state index in [1.807, 2.05) is 19.1 Å². The summed E-state index contributed by atoms with van der Waals surface area (Å²) < 4.78 is 26.3. The molecule has 0 spiro atoms. The van der Waals surface area contributed by atoms with Crippen molar-refractivity contribution in [3.63, 3.8) is 0 Å². The van der Waals surface area contributed by atoms with E-state index in [0.717, 1.165) is 46.3 Å². The number of rotatable bonds is 4. The lowest BCUT2D eigenvalue weighted by Gasteiger charge is -2.46. The summed E-state index contributed by atoms with van der Waals surface area (Å²) in [6.07, 6.45) is 5.00. The van der Waals surface area contributed by atoms with E-state index >= 15 is 0 Å². The smallest absolute Gasteiger partial charge is 0.247 e. The van der Waals surface area contributed by atoms with Gasteiger partial charge in [-0.05, 0) is 50.5 Å². The summed E-state index contributed by atoms with van der Waals surface area (Å²) >= 11 is 3.45. The van der Waals surface area contributed by atoms with Crippen molar-refractivity contribution in [3.05, 3.63) is 28.2 Å². The minimum atomic E-state index is -3.61. The number of nitrogens with one attached hydrogen (secondary N) is 1. The largest absolute Gasteiger partial charge is 0.351 e. The van der Waals surface area contributed by atoms with Gasteiger partial charge in [0, 0.05) is 22.7 Å². The highest BCUT2D eigenvalue weighted by atomic mass is 79.9. The Hall–Kier alpha value is -1.45. The minimum Gasteiger partial charge on any atom is -0.351 e. The fraction of sp³-hybridized carbons (Fsp3) is 0.579. The fourth-order valence-corrected chi connectivity index (χ4v) is 5.06. The number of carbonyl (C=O) groups excluding carboxylic acids is 2. The van der Waals surface area contributed by atoms with Crippen LogP contribution >= 0.6 is 15.9 Å². The molecule has 0 radical (unpaired) electrons. The van der Waals surface area contributed by atoms with Gasteiger partial charge < -0.3 is 5.32 Å². The molecule has 1 saturated carbocycles. The molecule has 1 saturated heterocycles.